The van der Waals surface area contributed by atoms with E-state index in [0.717, 1.165) is 16.9 Å². The molecule has 0 radical (unpaired) electrons. The van der Waals surface area contributed by atoms with E-state index in [4.69, 9.17) is 11.6 Å². The van der Waals surface area contributed by atoms with Crippen molar-refractivity contribution in [2.75, 3.05) is 17.2 Å². The van der Waals surface area contributed by atoms with Gasteiger partial charge in [0.05, 0.1) is 5.69 Å². The predicted molar refractivity (Wildman–Crippen MR) is 101 cm³/mol. The summed E-state index contributed by atoms with van der Waals surface area (Å²) >= 11 is 5.93. The van der Waals surface area contributed by atoms with Gasteiger partial charge in [0, 0.05) is 28.9 Å². The lowest BCUT2D eigenvalue weighted by atomic mass is 10.1. The molecule has 0 atom stereocenters. The van der Waals surface area contributed by atoms with E-state index in [1.807, 2.05) is 60.7 Å². The molecule has 2 N–H and O–H groups in total. The van der Waals surface area contributed by atoms with Crippen LogP contribution in [0.3, 0.4) is 0 Å². The Morgan fingerprint density at radius 3 is 2.46 bits per heavy atom. The summed E-state index contributed by atoms with van der Waals surface area (Å²) in [5.74, 6) is 1.26. The lowest BCUT2D eigenvalue weighted by Gasteiger charge is -2.11. The van der Waals surface area contributed by atoms with Crippen molar-refractivity contribution in [1.29, 1.82) is 0 Å². The molecule has 0 bridgehead atoms. The molecule has 0 saturated heterocycles. The number of nitrogens with zero attached hydrogens (tertiary/aromatic N) is 2. The predicted octanol–water partition coefficient (Wildman–Crippen LogP) is 5.14. The Morgan fingerprint density at radius 1 is 1.00 bits per heavy atom. The highest BCUT2D eigenvalue weighted by molar-refractivity contribution is 6.30. The number of aromatic nitrogens is 2. The molecule has 5 heteroatoms. The van der Waals surface area contributed by atoms with Crippen molar-refractivity contribution >= 4 is 29.1 Å². The minimum absolute atomic E-state index is 0.549. The van der Waals surface area contributed by atoms with Gasteiger partial charge in [0.2, 0.25) is 5.95 Å². The van der Waals surface area contributed by atoms with Crippen LogP contribution >= 0.6 is 11.6 Å². The highest BCUT2D eigenvalue weighted by atomic mass is 35.5. The SMILES string of the molecule is C=CCNc1nc(Nc2ccc(Cl)cc2)cc(-c2ccccc2)n1. The van der Waals surface area contributed by atoms with Crippen LogP contribution in [0.15, 0.2) is 73.3 Å². The third kappa shape index (κ3) is 4.12. The molecular weight excluding hydrogens is 320 g/mol. The van der Waals surface area contributed by atoms with Crippen molar-refractivity contribution in [3.8, 4) is 11.3 Å². The molecule has 0 saturated carbocycles. The van der Waals surface area contributed by atoms with E-state index in [2.05, 4.69) is 27.2 Å². The number of hydrogen-bond donors (Lipinski definition) is 2. The zero-order valence-corrected chi connectivity index (χ0v) is 13.8. The third-order valence-electron chi connectivity index (χ3n) is 3.32. The molecule has 0 spiro atoms. The monoisotopic (exact) mass is 336 g/mol. The maximum atomic E-state index is 5.93. The maximum Gasteiger partial charge on any atom is 0.225 e. The molecule has 1 heterocycles. The van der Waals surface area contributed by atoms with Gasteiger partial charge in [0.15, 0.2) is 0 Å². The molecule has 0 fully saturated rings. The first-order valence-electron chi connectivity index (χ1n) is 7.56. The quantitative estimate of drug-likeness (QED) is 0.612. The number of nitrogens with one attached hydrogen (secondary N) is 2. The topological polar surface area (TPSA) is 49.8 Å². The van der Waals surface area contributed by atoms with Gasteiger partial charge in [-0.05, 0) is 24.3 Å². The molecule has 0 unspecified atom stereocenters. The van der Waals surface area contributed by atoms with Crippen LogP contribution < -0.4 is 10.6 Å². The van der Waals surface area contributed by atoms with E-state index in [9.17, 15) is 0 Å². The van der Waals surface area contributed by atoms with E-state index in [0.29, 0.717) is 23.3 Å². The van der Waals surface area contributed by atoms with Crippen molar-refractivity contribution < 1.29 is 0 Å². The van der Waals surface area contributed by atoms with Gasteiger partial charge in [-0.3, -0.25) is 0 Å². The Hall–Kier alpha value is -2.85. The van der Waals surface area contributed by atoms with Gasteiger partial charge in [0.25, 0.3) is 0 Å². The molecule has 0 aliphatic rings. The van der Waals surface area contributed by atoms with Crippen molar-refractivity contribution in [2.24, 2.45) is 0 Å². The molecule has 2 aromatic carbocycles. The van der Waals surface area contributed by atoms with Crippen LogP contribution in [0.5, 0.6) is 0 Å². The second-order valence-corrected chi connectivity index (χ2v) is 5.57. The first kappa shape index (κ1) is 16.0. The second kappa shape index (κ2) is 7.62. The standard InChI is InChI=1S/C19H17ClN4/c1-2-12-21-19-23-17(14-6-4-3-5-7-14)13-18(24-19)22-16-10-8-15(20)9-11-16/h2-11,13H,1,12H2,(H2,21,22,23,24). The number of halogens is 1. The van der Waals surface area contributed by atoms with E-state index < -0.39 is 0 Å². The lowest BCUT2D eigenvalue weighted by molar-refractivity contribution is 1.12. The van der Waals surface area contributed by atoms with Gasteiger partial charge in [-0.1, -0.05) is 48.0 Å². The van der Waals surface area contributed by atoms with Crippen LogP contribution in [0.4, 0.5) is 17.5 Å². The molecule has 24 heavy (non-hydrogen) atoms. The first-order chi connectivity index (χ1) is 11.7. The molecule has 0 amide bonds. The first-order valence-corrected chi connectivity index (χ1v) is 7.94. The number of hydrogen-bond acceptors (Lipinski definition) is 4. The van der Waals surface area contributed by atoms with E-state index in [-0.39, 0.29) is 0 Å². The van der Waals surface area contributed by atoms with Crippen LogP contribution in [-0.4, -0.2) is 16.5 Å². The number of anilines is 3. The maximum absolute atomic E-state index is 5.93. The van der Waals surface area contributed by atoms with Gasteiger partial charge in [-0.25, -0.2) is 4.98 Å². The Morgan fingerprint density at radius 2 is 1.75 bits per heavy atom. The molecule has 1 aromatic heterocycles. The fourth-order valence-corrected chi connectivity index (χ4v) is 2.32. The number of rotatable bonds is 6. The highest BCUT2D eigenvalue weighted by Crippen LogP contribution is 2.24. The zero-order valence-electron chi connectivity index (χ0n) is 13.0. The zero-order chi connectivity index (χ0) is 16.8. The Bertz CT molecular complexity index is 817. The minimum atomic E-state index is 0.549. The summed E-state index contributed by atoms with van der Waals surface area (Å²) in [6, 6.07) is 19.4. The summed E-state index contributed by atoms with van der Waals surface area (Å²) in [4.78, 5) is 9.07. The van der Waals surface area contributed by atoms with Crippen molar-refractivity contribution in [2.45, 2.75) is 0 Å². The van der Waals surface area contributed by atoms with Gasteiger partial charge >= 0.3 is 0 Å². The summed E-state index contributed by atoms with van der Waals surface area (Å²) in [6.45, 7) is 4.30. The fourth-order valence-electron chi connectivity index (χ4n) is 2.19. The van der Waals surface area contributed by atoms with Gasteiger partial charge < -0.3 is 10.6 Å². The normalized spacial score (nSPS) is 10.2. The van der Waals surface area contributed by atoms with Crippen molar-refractivity contribution in [1.82, 2.24) is 9.97 Å². The molecule has 0 aliphatic carbocycles. The smallest absolute Gasteiger partial charge is 0.225 e. The van der Waals surface area contributed by atoms with E-state index in [1.54, 1.807) is 6.08 Å². The lowest BCUT2D eigenvalue weighted by Crippen LogP contribution is -2.06. The molecular formula is C19H17ClN4. The molecule has 0 aliphatic heterocycles. The van der Waals surface area contributed by atoms with Crippen LogP contribution in [-0.2, 0) is 0 Å². The average molecular weight is 337 g/mol. The number of benzene rings is 2. The van der Waals surface area contributed by atoms with Crippen molar-refractivity contribution in [3.63, 3.8) is 0 Å². The van der Waals surface area contributed by atoms with Gasteiger partial charge in [-0.2, -0.15) is 4.98 Å². The molecule has 3 rings (SSSR count). The van der Waals surface area contributed by atoms with E-state index in [1.165, 1.54) is 0 Å². The van der Waals surface area contributed by atoms with Crippen LogP contribution in [0.25, 0.3) is 11.3 Å². The third-order valence-corrected chi connectivity index (χ3v) is 3.57. The minimum Gasteiger partial charge on any atom is -0.351 e. The summed E-state index contributed by atoms with van der Waals surface area (Å²) in [7, 11) is 0. The summed E-state index contributed by atoms with van der Waals surface area (Å²) in [5.41, 5.74) is 2.78. The molecule has 120 valence electrons. The Kier molecular flexibility index (Phi) is 5.08. The van der Waals surface area contributed by atoms with Gasteiger partial charge in [0.1, 0.15) is 5.82 Å². The van der Waals surface area contributed by atoms with E-state index >= 15 is 0 Å². The Balaban J connectivity index is 1.94. The van der Waals surface area contributed by atoms with Crippen molar-refractivity contribution in [3.05, 3.63) is 78.3 Å². The Labute approximate surface area is 146 Å². The largest absolute Gasteiger partial charge is 0.351 e. The average Bonchev–Trinajstić information content (AvgIpc) is 2.62. The van der Waals surface area contributed by atoms with Crippen LogP contribution in [0.2, 0.25) is 5.02 Å². The van der Waals surface area contributed by atoms with Gasteiger partial charge in [-0.15, -0.1) is 6.58 Å². The summed E-state index contributed by atoms with van der Waals surface area (Å²) in [6.07, 6.45) is 1.77. The fraction of sp³-hybridized carbons (Fsp3) is 0.0526. The summed E-state index contributed by atoms with van der Waals surface area (Å²) in [5, 5.41) is 7.12. The van der Waals surface area contributed by atoms with Crippen LogP contribution in [0, 0.1) is 0 Å². The van der Waals surface area contributed by atoms with Crippen LogP contribution in [0.1, 0.15) is 0 Å². The molecule has 4 nitrogen and oxygen atoms in total. The summed E-state index contributed by atoms with van der Waals surface area (Å²) < 4.78 is 0. The molecule has 3 aromatic rings. The highest BCUT2D eigenvalue weighted by Gasteiger charge is 2.07. The second-order valence-electron chi connectivity index (χ2n) is 5.13.